The molecule has 1 fully saturated rings. The standard InChI is InChI=1S/C22H25NO6/c1-16(19(24)14-27-12-17-8-4-2-5-9-17)21(25)23-20(15-29-22(23)26)28-13-18-10-6-3-7-11-18/h2-11,16,19-20,24H,12-15H2,1H3/t16-,19+,20-/m0/s1. The third-order valence-electron chi connectivity index (χ3n) is 4.72. The predicted octanol–water partition coefficient (Wildman–Crippen LogP) is 2.72. The van der Waals surface area contributed by atoms with Gasteiger partial charge in [0.25, 0.3) is 0 Å². The number of rotatable bonds is 9. The van der Waals surface area contributed by atoms with E-state index in [9.17, 15) is 14.7 Å². The molecule has 0 unspecified atom stereocenters. The van der Waals surface area contributed by atoms with Crippen molar-refractivity contribution in [2.45, 2.75) is 32.5 Å². The quantitative estimate of drug-likeness (QED) is 0.698. The number of benzene rings is 2. The molecular weight excluding hydrogens is 374 g/mol. The van der Waals surface area contributed by atoms with Crippen molar-refractivity contribution in [3.05, 3.63) is 71.8 Å². The molecule has 1 aliphatic rings. The van der Waals surface area contributed by atoms with Crippen LogP contribution in [0.3, 0.4) is 0 Å². The molecule has 2 amide bonds. The zero-order valence-electron chi connectivity index (χ0n) is 16.3. The van der Waals surface area contributed by atoms with Gasteiger partial charge in [-0.05, 0) is 11.1 Å². The number of carbonyl (C=O) groups is 2. The number of aliphatic hydroxyl groups is 1. The maximum atomic E-state index is 12.8. The lowest BCUT2D eigenvalue weighted by atomic mass is 10.0. The van der Waals surface area contributed by atoms with Crippen molar-refractivity contribution in [2.75, 3.05) is 13.2 Å². The number of hydrogen-bond donors (Lipinski definition) is 1. The molecule has 0 aromatic heterocycles. The lowest BCUT2D eigenvalue weighted by molar-refractivity contribution is -0.146. The van der Waals surface area contributed by atoms with Gasteiger partial charge in [0.15, 0.2) is 6.23 Å². The molecule has 7 heteroatoms. The van der Waals surface area contributed by atoms with Gasteiger partial charge in [-0.3, -0.25) is 4.79 Å². The van der Waals surface area contributed by atoms with E-state index in [0.29, 0.717) is 6.61 Å². The van der Waals surface area contributed by atoms with Gasteiger partial charge in [0.2, 0.25) is 5.91 Å². The van der Waals surface area contributed by atoms with E-state index in [1.807, 2.05) is 60.7 Å². The Kier molecular flexibility index (Phi) is 7.35. The summed E-state index contributed by atoms with van der Waals surface area (Å²) in [4.78, 5) is 25.8. The summed E-state index contributed by atoms with van der Waals surface area (Å²) in [6.45, 7) is 2.06. The van der Waals surface area contributed by atoms with Crippen LogP contribution < -0.4 is 0 Å². The largest absolute Gasteiger partial charge is 0.444 e. The molecule has 7 nitrogen and oxygen atoms in total. The van der Waals surface area contributed by atoms with E-state index in [-0.39, 0.29) is 19.8 Å². The second kappa shape index (κ2) is 10.2. The smallest absolute Gasteiger partial charge is 0.418 e. The molecule has 1 heterocycles. The summed E-state index contributed by atoms with van der Waals surface area (Å²) in [7, 11) is 0. The maximum Gasteiger partial charge on any atom is 0.418 e. The summed E-state index contributed by atoms with van der Waals surface area (Å²) in [6.07, 6.45) is -2.65. The number of imide groups is 1. The molecule has 2 aromatic rings. The Morgan fingerprint density at radius 3 is 2.31 bits per heavy atom. The van der Waals surface area contributed by atoms with Gasteiger partial charge < -0.3 is 19.3 Å². The lowest BCUT2D eigenvalue weighted by Gasteiger charge is -2.25. The Morgan fingerprint density at radius 1 is 1.10 bits per heavy atom. The molecule has 1 aliphatic heterocycles. The van der Waals surface area contributed by atoms with Gasteiger partial charge in [0.1, 0.15) is 6.61 Å². The van der Waals surface area contributed by atoms with E-state index in [1.165, 1.54) is 0 Å². The average molecular weight is 399 g/mol. The third kappa shape index (κ3) is 5.63. The highest BCUT2D eigenvalue weighted by Crippen LogP contribution is 2.20. The van der Waals surface area contributed by atoms with E-state index >= 15 is 0 Å². The van der Waals surface area contributed by atoms with Crippen molar-refractivity contribution in [1.29, 1.82) is 0 Å². The molecule has 0 saturated carbocycles. The van der Waals surface area contributed by atoms with E-state index in [4.69, 9.17) is 14.2 Å². The second-order valence-electron chi connectivity index (χ2n) is 6.89. The molecule has 3 atom stereocenters. The summed E-state index contributed by atoms with van der Waals surface area (Å²) >= 11 is 0. The van der Waals surface area contributed by atoms with Crippen LogP contribution >= 0.6 is 0 Å². The van der Waals surface area contributed by atoms with Crippen LogP contribution in [0.15, 0.2) is 60.7 Å². The van der Waals surface area contributed by atoms with E-state index in [2.05, 4.69) is 0 Å². The normalized spacial score (nSPS) is 18.3. The maximum absolute atomic E-state index is 12.8. The number of ether oxygens (including phenoxy) is 3. The van der Waals surface area contributed by atoms with Gasteiger partial charge in [-0.2, -0.15) is 0 Å². The van der Waals surface area contributed by atoms with Crippen LogP contribution in [0, 0.1) is 5.92 Å². The first-order chi connectivity index (χ1) is 14.1. The molecule has 2 aromatic carbocycles. The summed E-state index contributed by atoms with van der Waals surface area (Å²) in [5, 5.41) is 10.3. The average Bonchev–Trinajstić information content (AvgIpc) is 3.13. The molecule has 1 N–H and O–H groups in total. The van der Waals surface area contributed by atoms with E-state index in [0.717, 1.165) is 16.0 Å². The molecule has 0 aliphatic carbocycles. The highest BCUT2D eigenvalue weighted by Gasteiger charge is 2.42. The Labute approximate surface area is 169 Å². The Morgan fingerprint density at radius 2 is 1.69 bits per heavy atom. The predicted molar refractivity (Wildman–Crippen MR) is 104 cm³/mol. The number of aliphatic hydroxyl groups excluding tert-OH is 1. The van der Waals surface area contributed by atoms with Crippen LogP contribution in [0.25, 0.3) is 0 Å². The third-order valence-corrected chi connectivity index (χ3v) is 4.72. The fourth-order valence-electron chi connectivity index (χ4n) is 2.93. The Bertz CT molecular complexity index is 797. The van der Waals surface area contributed by atoms with Crippen LogP contribution in [-0.4, -0.2) is 47.6 Å². The minimum atomic E-state index is -1.06. The van der Waals surface area contributed by atoms with Crippen molar-refractivity contribution in [3.8, 4) is 0 Å². The Hall–Kier alpha value is -2.74. The first-order valence-corrected chi connectivity index (χ1v) is 9.51. The van der Waals surface area contributed by atoms with Crippen molar-refractivity contribution in [3.63, 3.8) is 0 Å². The highest BCUT2D eigenvalue weighted by molar-refractivity contribution is 5.94. The second-order valence-corrected chi connectivity index (χ2v) is 6.89. The molecule has 1 saturated heterocycles. The van der Waals surface area contributed by atoms with Crippen molar-refractivity contribution in [1.82, 2.24) is 4.90 Å². The minimum absolute atomic E-state index is 0.0276. The zero-order valence-corrected chi connectivity index (χ0v) is 16.3. The van der Waals surface area contributed by atoms with Crippen molar-refractivity contribution < 1.29 is 28.9 Å². The molecule has 29 heavy (non-hydrogen) atoms. The number of cyclic esters (lactones) is 1. The van der Waals surface area contributed by atoms with Crippen LogP contribution in [0.5, 0.6) is 0 Å². The van der Waals surface area contributed by atoms with Gasteiger partial charge in [-0.15, -0.1) is 0 Å². The van der Waals surface area contributed by atoms with Gasteiger partial charge >= 0.3 is 6.09 Å². The molecule has 3 rings (SSSR count). The molecule has 154 valence electrons. The van der Waals surface area contributed by atoms with Crippen LogP contribution in [-0.2, 0) is 32.2 Å². The minimum Gasteiger partial charge on any atom is -0.444 e. The number of amides is 2. The SMILES string of the molecule is C[C@H](C(=O)N1C(=O)OC[C@@H]1OCc1ccccc1)[C@H](O)COCc1ccccc1. The van der Waals surface area contributed by atoms with Gasteiger partial charge in [-0.25, -0.2) is 9.69 Å². The van der Waals surface area contributed by atoms with E-state index in [1.54, 1.807) is 6.92 Å². The fourth-order valence-corrected chi connectivity index (χ4v) is 2.93. The monoisotopic (exact) mass is 399 g/mol. The summed E-state index contributed by atoms with van der Waals surface area (Å²) in [5.74, 6) is -1.40. The first kappa shape index (κ1) is 21.0. The van der Waals surface area contributed by atoms with Crippen LogP contribution in [0.1, 0.15) is 18.1 Å². The fraction of sp³-hybridized carbons (Fsp3) is 0.364. The van der Waals surface area contributed by atoms with Crippen molar-refractivity contribution in [2.24, 2.45) is 5.92 Å². The topological polar surface area (TPSA) is 85.3 Å². The van der Waals surface area contributed by atoms with Gasteiger partial charge in [0.05, 0.1) is 31.8 Å². The summed E-state index contributed by atoms with van der Waals surface area (Å²) < 4.78 is 16.2. The first-order valence-electron chi connectivity index (χ1n) is 9.51. The van der Waals surface area contributed by atoms with Crippen LogP contribution in [0.2, 0.25) is 0 Å². The van der Waals surface area contributed by atoms with Gasteiger partial charge in [-0.1, -0.05) is 67.6 Å². The number of hydrogen-bond acceptors (Lipinski definition) is 6. The molecular formula is C22H25NO6. The molecule has 0 bridgehead atoms. The lowest BCUT2D eigenvalue weighted by Crippen LogP contribution is -2.46. The van der Waals surface area contributed by atoms with Gasteiger partial charge in [0, 0.05) is 0 Å². The Balaban J connectivity index is 1.52. The highest BCUT2D eigenvalue weighted by atomic mass is 16.6. The number of nitrogens with zero attached hydrogens (tertiary/aromatic N) is 1. The van der Waals surface area contributed by atoms with E-state index < -0.39 is 30.3 Å². The molecule has 0 radical (unpaired) electrons. The zero-order chi connectivity index (χ0) is 20.6. The molecule has 0 spiro atoms. The van der Waals surface area contributed by atoms with Crippen molar-refractivity contribution >= 4 is 12.0 Å². The summed E-state index contributed by atoms with van der Waals surface area (Å²) in [6, 6.07) is 19.0. The van der Waals surface area contributed by atoms with Crippen LogP contribution in [0.4, 0.5) is 4.79 Å². The number of carbonyl (C=O) groups excluding carboxylic acids is 2. The summed E-state index contributed by atoms with van der Waals surface area (Å²) in [5.41, 5.74) is 1.89.